The zero-order chi connectivity index (χ0) is 9.35. The van der Waals surface area contributed by atoms with Gasteiger partial charge in [0.05, 0.1) is 5.56 Å². The SMILES string of the molecule is Cc1cc([C]=O)c(C(F)(F)F)o1. The Morgan fingerprint density at radius 2 is 2.08 bits per heavy atom. The van der Waals surface area contributed by atoms with Crippen LogP contribution in [-0.2, 0) is 11.0 Å². The zero-order valence-electron chi connectivity index (χ0n) is 6.03. The average Bonchev–Trinajstić information content (AvgIpc) is 2.29. The van der Waals surface area contributed by atoms with Crippen LogP contribution in [0.4, 0.5) is 13.2 Å². The fourth-order valence-corrected chi connectivity index (χ4v) is 0.801. The molecule has 0 aliphatic heterocycles. The summed E-state index contributed by atoms with van der Waals surface area (Å²) < 4.78 is 40.2. The highest BCUT2D eigenvalue weighted by Gasteiger charge is 2.38. The molecule has 0 N–H and O–H groups in total. The monoisotopic (exact) mass is 177 g/mol. The minimum absolute atomic E-state index is 0.0423. The molecule has 0 amide bonds. The van der Waals surface area contributed by atoms with Crippen molar-refractivity contribution in [1.29, 1.82) is 0 Å². The van der Waals surface area contributed by atoms with Crippen LogP contribution in [0.15, 0.2) is 10.5 Å². The van der Waals surface area contributed by atoms with Gasteiger partial charge >= 0.3 is 6.18 Å². The second-order valence-electron chi connectivity index (χ2n) is 2.20. The second-order valence-corrected chi connectivity index (χ2v) is 2.20. The highest BCUT2D eigenvalue weighted by atomic mass is 19.4. The lowest BCUT2D eigenvalue weighted by Gasteiger charge is -2.01. The van der Waals surface area contributed by atoms with Crippen LogP contribution < -0.4 is 0 Å². The summed E-state index contributed by atoms with van der Waals surface area (Å²) >= 11 is 0. The van der Waals surface area contributed by atoms with Gasteiger partial charge in [-0.05, 0) is 13.0 Å². The van der Waals surface area contributed by atoms with E-state index in [0.29, 0.717) is 0 Å². The molecule has 2 nitrogen and oxygen atoms in total. The largest absolute Gasteiger partial charge is 0.456 e. The molecule has 1 radical (unpaired) electrons. The summed E-state index contributed by atoms with van der Waals surface area (Å²) in [6.45, 7) is 1.33. The van der Waals surface area contributed by atoms with Gasteiger partial charge in [-0.25, -0.2) is 0 Å². The third kappa shape index (κ3) is 1.49. The predicted molar refractivity (Wildman–Crippen MR) is 33.2 cm³/mol. The van der Waals surface area contributed by atoms with E-state index in [2.05, 4.69) is 4.42 Å². The van der Waals surface area contributed by atoms with E-state index in [-0.39, 0.29) is 5.76 Å². The van der Waals surface area contributed by atoms with E-state index in [1.54, 1.807) is 0 Å². The molecular weight excluding hydrogens is 173 g/mol. The van der Waals surface area contributed by atoms with Gasteiger partial charge in [-0.2, -0.15) is 13.2 Å². The van der Waals surface area contributed by atoms with Crippen LogP contribution in [0.1, 0.15) is 17.1 Å². The topological polar surface area (TPSA) is 30.2 Å². The van der Waals surface area contributed by atoms with E-state index >= 15 is 0 Å². The third-order valence-electron chi connectivity index (χ3n) is 1.22. The lowest BCUT2D eigenvalue weighted by atomic mass is 10.2. The minimum Gasteiger partial charge on any atom is -0.456 e. The first-order chi connectivity index (χ1) is 5.45. The van der Waals surface area contributed by atoms with Crippen LogP contribution in [0.25, 0.3) is 0 Å². The van der Waals surface area contributed by atoms with E-state index in [9.17, 15) is 18.0 Å². The molecular formula is C7H4F3O2. The summed E-state index contributed by atoms with van der Waals surface area (Å²) in [6, 6.07) is 0.996. The predicted octanol–water partition coefficient (Wildman–Crippen LogP) is 2.06. The molecule has 1 rings (SSSR count). The number of aryl methyl sites for hydroxylation is 1. The molecule has 0 aliphatic rings. The van der Waals surface area contributed by atoms with Gasteiger partial charge in [0.1, 0.15) is 5.76 Å². The van der Waals surface area contributed by atoms with E-state index < -0.39 is 17.5 Å². The maximum atomic E-state index is 12.0. The van der Waals surface area contributed by atoms with Gasteiger partial charge in [0.2, 0.25) is 12.0 Å². The van der Waals surface area contributed by atoms with Crippen molar-refractivity contribution >= 4 is 6.29 Å². The van der Waals surface area contributed by atoms with Crippen molar-refractivity contribution in [2.75, 3.05) is 0 Å². The number of hydrogen-bond donors (Lipinski definition) is 0. The van der Waals surface area contributed by atoms with Crippen molar-refractivity contribution in [2.24, 2.45) is 0 Å². The lowest BCUT2D eigenvalue weighted by Crippen LogP contribution is -2.05. The highest BCUT2D eigenvalue weighted by molar-refractivity contribution is 5.77. The zero-order valence-corrected chi connectivity index (χ0v) is 6.03. The Labute approximate surface area is 66.0 Å². The molecule has 0 aliphatic carbocycles. The second kappa shape index (κ2) is 2.66. The normalized spacial score (nSPS) is 11.7. The van der Waals surface area contributed by atoms with Crippen LogP contribution >= 0.6 is 0 Å². The number of alkyl halides is 3. The summed E-state index contributed by atoms with van der Waals surface area (Å²) in [6.07, 6.45) is -3.46. The summed E-state index contributed by atoms with van der Waals surface area (Å²) in [5, 5.41) is 0. The van der Waals surface area contributed by atoms with Crippen LogP contribution in [0.5, 0.6) is 0 Å². The molecule has 1 aromatic rings. The van der Waals surface area contributed by atoms with Crippen LogP contribution in [-0.4, -0.2) is 6.29 Å². The van der Waals surface area contributed by atoms with Gasteiger partial charge in [0.15, 0.2) is 0 Å². The first-order valence-corrected chi connectivity index (χ1v) is 3.01. The van der Waals surface area contributed by atoms with Gasteiger partial charge in [0, 0.05) is 0 Å². The lowest BCUT2D eigenvalue weighted by molar-refractivity contribution is -0.153. The van der Waals surface area contributed by atoms with E-state index in [1.165, 1.54) is 6.92 Å². The highest BCUT2D eigenvalue weighted by Crippen LogP contribution is 2.32. The quantitative estimate of drug-likeness (QED) is 0.657. The summed E-state index contributed by atoms with van der Waals surface area (Å²) in [5.74, 6) is -1.24. The Morgan fingerprint density at radius 1 is 1.50 bits per heavy atom. The maximum absolute atomic E-state index is 12.0. The van der Waals surface area contributed by atoms with E-state index in [1.807, 2.05) is 0 Å². The van der Waals surface area contributed by atoms with Crippen molar-refractivity contribution < 1.29 is 22.4 Å². The van der Waals surface area contributed by atoms with Crippen LogP contribution in [0.2, 0.25) is 0 Å². The Hall–Kier alpha value is -1.26. The van der Waals surface area contributed by atoms with E-state index in [0.717, 1.165) is 12.4 Å². The molecule has 0 unspecified atom stereocenters. The smallest absolute Gasteiger partial charge is 0.450 e. The van der Waals surface area contributed by atoms with Crippen molar-refractivity contribution in [3.63, 3.8) is 0 Å². The number of rotatable bonds is 1. The van der Waals surface area contributed by atoms with Crippen LogP contribution in [0, 0.1) is 6.92 Å². The number of furan rings is 1. The molecule has 0 atom stereocenters. The van der Waals surface area contributed by atoms with Gasteiger partial charge in [-0.15, -0.1) is 0 Å². The molecule has 0 fully saturated rings. The Kier molecular flexibility index (Phi) is 1.95. The molecule has 0 saturated heterocycles. The Balaban J connectivity index is 3.22. The molecule has 5 heteroatoms. The summed E-state index contributed by atoms with van der Waals surface area (Å²) in [5.41, 5.74) is -0.583. The molecule has 1 heterocycles. The first kappa shape index (κ1) is 8.83. The number of halogens is 3. The Morgan fingerprint density at radius 3 is 2.42 bits per heavy atom. The first-order valence-electron chi connectivity index (χ1n) is 3.01. The summed E-state index contributed by atoms with van der Waals surface area (Å²) in [7, 11) is 0. The standard InChI is InChI=1S/C7H4F3O2/c1-4-2-5(3-11)6(12-4)7(8,9)10/h2H,1H3. The van der Waals surface area contributed by atoms with Crippen LogP contribution in [0.3, 0.4) is 0 Å². The molecule has 65 valence electrons. The Bertz CT molecular complexity index is 298. The van der Waals surface area contributed by atoms with Gasteiger partial charge < -0.3 is 4.42 Å². The maximum Gasteiger partial charge on any atom is 0.450 e. The van der Waals surface area contributed by atoms with Gasteiger partial charge in [0.25, 0.3) is 0 Å². The third-order valence-corrected chi connectivity index (χ3v) is 1.22. The van der Waals surface area contributed by atoms with Crippen molar-refractivity contribution in [3.05, 3.63) is 23.2 Å². The van der Waals surface area contributed by atoms with Crippen molar-refractivity contribution in [3.8, 4) is 0 Å². The minimum atomic E-state index is -4.62. The average molecular weight is 177 g/mol. The molecule has 0 aromatic carbocycles. The van der Waals surface area contributed by atoms with E-state index in [4.69, 9.17) is 0 Å². The molecule has 12 heavy (non-hydrogen) atoms. The fourth-order valence-electron chi connectivity index (χ4n) is 0.801. The molecule has 0 bridgehead atoms. The summed E-state index contributed by atoms with van der Waals surface area (Å²) in [4.78, 5) is 10.0. The molecule has 0 saturated carbocycles. The van der Waals surface area contributed by atoms with Gasteiger partial charge in [-0.3, -0.25) is 4.79 Å². The molecule has 1 aromatic heterocycles. The van der Waals surface area contributed by atoms with Crippen molar-refractivity contribution in [2.45, 2.75) is 13.1 Å². The van der Waals surface area contributed by atoms with Crippen molar-refractivity contribution in [1.82, 2.24) is 0 Å². The fraction of sp³-hybridized carbons (Fsp3) is 0.286. The van der Waals surface area contributed by atoms with Gasteiger partial charge in [-0.1, -0.05) is 0 Å². The number of carbonyl (C=O) groups excluding carboxylic acids is 1. The number of hydrogen-bond acceptors (Lipinski definition) is 2. The molecule has 0 spiro atoms.